The number of aliphatic hydroxyl groups is 3. The van der Waals surface area contributed by atoms with Crippen molar-refractivity contribution >= 4 is 142 Å². The Bertz CT molecular complexity index is 5530. The summed E-state index contributed by atoms with van der Waals surface area (Å²) >= 11 is 31.5. The van der Waals surface area contributed by atoms with E-state index in [9.17, 15) is 87.6 Å². The molecule has 5 heterocycles. The minimum absolute atomic E-state index is 0.00390. The predicted molar refractivity (Wildman–Crippen MR) is 510 cm³/mol. The van der Waals surface area contributed by atoms with Crippen LogP contribution in [0.2, 0.25) is 25.1 Å². The van der Waals surface area contributed by atoms with E-state index in [0.717, 1.165) is 68.7 Å². The number of aryl methyl sites for hydroxylation is 4. The summed E-state index contributed by atoms with van der Waals surface area (Å²) in [6.45, 7) is 11.3. The molecule has 5 fully saturated rings. The number of nitrogens with two attached hydrogens (primary N) is 1. The van der Waals surface area contributed by atoms with Crippen LogP contribution in [0.5, 0.6) is 0 Å². The molecular weight excluding hydrogens is 1860 g/mol. The van der Waals surface area contributed by atoms with Crippen LogP contribution in [0.15, 0.2) is 122 Å². The Balaban J connectivity index is 0.000000161. The highest BCUT2D eigenvalue weighted by Gasteiger charge is 2.41. The van der Waals surface area contributed by atoms with Crippen LogP contribution in [-0.4, -0.2) is 160 Å². The minimum Gasteiger partial charge on any atom is -0.388 e. The average Bonchev–Trinajstić information content (AvgIpc) is 1.64. The number of hydrogen-bond acceptors (Lipinski definition) is 9. The molecule has 0 spiro atoms. The smallest absolute Gasteiger partial charge is 0.253 e. The molecule has 9 N–H and O–H groups in total. The minimum atomic E-state index is -2.45. The van der Waals surface area contributed by atoms with Gasteiger partial charge in [-0.15, -0.1) is 0 Å². The van der Waals surface area contributed by atoms with E-state index < -0.39 is 65.4 Å². The van der Waals surface area contributed by atoms with E-state index in [1.807, 2.05) is 29.0 Å². The van der Waals surface area contributed by atoms with Crippen LogP contribution in [0.3, 0.4) is 0 Å². The maximum atomic E-state index is 14.2. The second-order valence-corrected chi connectivity index (χ2v) is 40.3. The number of ketones is 1. The third-order valence-corrected chi connectivity index (χ3v) is 28.4. The summed E-state index contributed by atoms with van der Waals surface area (Å²) in [7, 11) is 0. The molecule has 5 aliphatic rings. The van der Waals surface area contributed by atoms with Crippen molar-refractivity contribution in [2.75, 3.05) is 32.7 Å². The van der Waals surface area contributed by atoms with Crippen molar-refractivity contribution in [1.82, 2.24) is 44.1 Å². The quantitative estimate of drug-likeness (QED) is 0.0157. The number of nitrogens with zero attached hydrogens (tertiary/aromatic N) is 5. The molecule has 134 heavy (non-hydrogen) atoms. The normalized spacial score (nSPS) is 23.7. The lowest BCUT2D eigenvalue weighted by atomic mass is 9.78. The zero-order valence-electron chi connectivity index (χ0n) is 76.4. The number of carbonyl (C=O) groups is 5. The van der Waals surface area contributed by atoms with Crippen LogP contribution in [0.4, 0.5) is 48.3 Å². The van der Waals surface area contributed by atoms with Gasteiger partial charge in [0, 0.05) is 161 Å². The Morgan fingerprint density at radius 2 is 0.687 bits per heavy atom. The molecule has 4 amide bonds. The van der Waals surface area contributed by atoms with Crippen molar-refractivity contribution in [1.29, 1.82) is 0 Å². The molecule has 5 aromatic carbocycles. The Hall–Kier alpha value is -8.13. The van der Waals surface area contributed by atoms with E-state index in [4.69, 9.17) is 63.7 Å². The summed E-state index contributed by atoms with van der Waals surface area (Å²) in [4.78, 5) is 63.9. The van der Waals surface area contributed by atoms with E-state index in [0.29, 0.717) is 186 Å². The SMILES string of the molecule is CC1(F)CCC(CCC(=O)c2cn(CCN)c3cccc(Cl)c23)CC1.CC1(F)CCC(O)(CNC(=O)c2cn(CCC(F)F)c3cccc(Cl)c23)CC1.CC1(F)CCCC(CNC(=O)c2cn(CCC(F)F)c3cccc(Cl)c23)C1.C[C@@H]1CCC[C@](O)(CNC(=O)c2cn(CCC(F)F)c3cccc(Cl)c23)C1.C[C@H]1CCC[C@@](O)(CNC(=O)c2cn(CCC(F)F)c3cccc(Cl)c23)C1. The number of halogens is 16. The van der Waals surface area contributed by atoms with E-state index in [1.165, 1.54) is 13.1 Å². The van der Waals surface area contributed by atoms with Crippen LogP contribution in [0.25, 0.3) is 54.5 Å². The molecule has 5 saturated carbocycles. The summed E-state index contributed by atoms with van der Waals surface area (Å²) in [5.41, 5.74) is 4.75. The molecule has 2 unspecified atom stereocenters. The highest BCUT2D eigenvalue weighted by Crippen LogP contribution is 2.43. The second-order valence-electron chi connectivity index (χ2n) is 38.3. The van der Waals surface area contributed by atoms with E-state index in [2.05, 4.69) is 35.1 Å². The van der Waals surface area contributed by atoms with Gasteiger partial charge in [-0.3, -0.25) is 24.0 Å². The highest BCUT2D eigenvalue weighted by molar-refractivity contribution is 6.39. The monoisotopic (exact) mass is 1980 g/mol. The third-order valence-electron chi connectivity index (χ3n) is 26.9. The number of rotatable bonds is 30. The molecule has 0 bridgehead atoms. The fourth-order valence-electron chi connectivity index (χ4n) is 19.6. The van der Waals surface area contributed by atoms with E-state index in [-0.39, 0.29) is 132 Å². The van der Waals surface area contributed by atoms with Crippen LogP contribution < -0.4 is 27.0 Å². The van der Waals surface area contributed by atoms with Gasteiger partial charge in [-0.1, -0.05) is 128 Å². The van der Waals surface area contributed by atoms with Crippen molar-refractivity contribution in [3.05, 3.63) is 175 Å². The molecule has 0 saturated heterocycles. The first-order valence-corrected chi connectivity index (χ1v) is 48.3. The summed E-state index contributed by atoms with van der Waals surface area (Å²) in [5.74, 6) is 0.0400. The van der Waals surface area contributed by atoms with Crippen LogP contribution >= 0.6 is 58.0 Å². The lowest BCUT2D eigenvalue weighted by molar-refractivity contribution is -0.0374. The molecule has 734 valence electrons. The third kappa shape index (κ3) is 28.8. The van der Waals surface area contributed by atoms with Gasteiger partial charge in [0.2, 0.25) is 25.7 Å². The molecule has 0 aliphatic heterocycles. The van der Waals surface area contributed by atoms with Gasteiger partial charge >= 0.3 is 0 Å². The number of amides is 4. The zero-order chi connectivity index (χ0) is 97.4. The first-order chi connectivity index (χ1) is 63.4. The first-order valence-electron chi connectivity index (χ1n) is 46.5. The fraction of sp³-hybridized carbons (Fsp3) is 0.550. The standard InChI is InChI=1S/C20H24ClF3N2O2.C20H24ClF3N2O.2C20H25ClF2N2O2.C20H26ClFN2O/c1-19(24)6-8-20(28,9-7-19)12-25-18(27)13-11-26(10-5-16(22)23)15-4-2-3-14(21)17(13)15;1-20(24)8-3-4-13(10-20)11-25-19(27)14-12-26(9-7-17(22)23)16-6-2-5-15(21)18(14)16;2*1-13-4-3-8-20(27,10-13)12-24-19(26)14-11-25(9-7-17(22)23)16-6-2-5-15(21)18(14)16;1-20(22)9-7-14(8-10-20)5-6-18(25)15-13-24(12-11-23)17-4-2-3-16(21)19(15)17/h2-4,11,16,28H,5-10,12H2,1H3,(H,25,27);2,5-6,12-13,17H,3-4,7-11H2,1H3,(H,25,27);2*2,5-6,11,13,17,27H,3-4,7-10,12H2,1H3,(H,24,26);2-4,13-14H,5-12,23H2,1H3/t;;2*13-,20-;/m..10./s1. The molecule has 6 atom stereocenters. The summed E-state index contributed by atoms with van der Waals surface area (Å²) < 4.78 is 151. The number of benzene rings is 5. The van der Waals surface area contributed by atoms with Gasteiger partial charge in [-0.25, -0.2) is 48.3 Å². The topological polar surface area (TPSA) is 245 Å². The van der Waals surface area contributed by atoms with Crippen molar-refractivity contribution in [2.45, 2.75) is 294 Å². The zero-order valence-corrected chi connectivity index (χ0v) is 80.1. The van der Waals surface area contributed by atoms with Crippen LogP contribution in [0, 0.1) is 23.7 Å². The molecule has 5 aromatic heterocycles. The summed E-state index contributed by atoms with van der Waals surface area (Å²) in [5, 5.41) is 48.4. The molecule has 15 rings (SSSR count). The largest absolute Gasteiger partial charge is 0.388 e. The molecule has 0 radical (unpaired) electrons. The fourth-order valence-corrected chi connectivity index (χ4v) is 20.9. The van der Waals surface area contributed by atoms with Gasteiger partial charge in [-0.05, 0) is 214 Å². The number of hydrogen-bond donors (Lipinski definition) is 8. The lowest BCUT2D eigenvalue weighted by Gasteiger charge is -2.37. The van der Waals surface area contributed by atoms with Crippen molar-refractivity contribution < 1.29 is 87.6 Å². The van der Waals surface area contributed by atoms with Crippen LogP contribution in [0.1, 0.15) is 253 Å². The molecular formula is C100H124Cl5F11N10O8. The molecule has 10 aromatic rings. The van der Waals surface area contributed by atoms with Crippen molar-refractivity contribution in [3.63, 3.8) is 0 Å². The summed E-state index contributed by atoms with van der Waals surface area (Å²) in [6.07, 6.45) is 11.8. The van der Waals surface area contributed by atoms with Gasteiger partial charge in [0.25, 0.3) is 23.6 Å². The van der Waals surface area contributed by atoms with Gasteiger partial charge in [0.1, 0.15) is 17.0 Å². The average molecular weight is 1980 g/mol. The van der Waals surface area contributed by atoms with Gasteiger partial charge in [0.05, 0.1) is 91.8 Å². The Kier molecular flexibility index (Phi) is 37.3. The summed E-state index contributed by atoms with van der Waals surface area (Å²) in [6, 6.07) is 26.2. The maximum absolute atomic E-state index is 14.2. The first kappa shape index (κ1) is 106. The predicted octanol–water partition coefficient (Wildman–Crippen LogP) is 24.7. The number of alkyl halides is 11. The number of fused-ring (bicyclic) bond motifs is 5. The number of aromatic nitrogens is 5. The van der Waals surface area contributed by atoms with Gasteiger partial charge in [0.15, 0.2) is 5.78 Å². The Morgan fingerprint density at radius 1 is 0.381 bits per heavy atom. The van der Waals surface area contributed by atoms with Crippen molar-refractivity contribution in [3.8, 4) is 0 Å². The lowest BCUT2D eigenvalue weighted by Crippen LogP contribution is -2.47. The molecule has 34 heteroatoms. The van der Waals surface area contributed by atoms with E-state index >= 15 is 0 Å². The van der Waals surface area contributed by atoms with Gasteiger partial charge in [-0.2, -0.15) is 0 Å². The van der Waals surface area contributed by atoms with Crippen LogP contribution in [-0.2, 0) is 32.7 Å². The number of carbonyl (C=O) groups excluding carboxylic acids is 5. The number of nitrogens with one attached hydrogen (secondary N) is 4. The van der Waals surface area contributed by atoms with Crippen molar-refractivity contribution in [2.24, 2.45) is 29.4 Å². The molecule has 5 aliphatic carbocycles. The van der Waals surface area contributed by atoms with E-state index in [1.54, 1.807) is 124 Å². The molecule has 18 nitrogen and oxygen atoms in total. The Morgan fingerprint density at radius 3 is 1.01 bits per heavy atom. The number of Topliss-reactive ketones (excluding diaryl/α,β-unsaturated/α-hetero) is 1. The highest BCUT2D eigenvalue weighted by atomic mass is 35.5. The van der Waals surface area contributed by atoms with Gasteiger partial charge < -0.3 is 65.2 Å². The second kappa shape index (κ2) is 47.0. The Labute approximate surface area is 799 Å². The maximum Gasteiger partial charge on any atom is 0.253 e.